The van der Waals surface area contributed by atoms with Gasteiger partial charge < -0.3 is 4.74 Å². The van der Waals surface area contributed by atoms with Crippen LogP contribution in [0, 0.1) is 19.8 Å². The number of hydrogen-bond donors (Lipinski definition) is 1. The van der Waals surface area contributed by atoms with Crippen molar-refractivity contribution < 1.29 is 21.6 Å². The predicted octanol–water partition coefficient (Wildman–Crippen LogP) is 1.79. The van der Waals surface area contributed by atoms with Crippen LogP contribution in [0.2, 0.25) is 0 Å². The second-order valence-corrected chi connectivity index (χ2v) is 11.5. The third-order valence-electron chi connectivity index (χ3n) is 5.51. The van der Waals surface area contributed by atoms with Crippen molar-refractivity contribution >= 4 is 20.0 Å². The highest BCUT2D eigenvalue weighted by atomic mass is 32.2. The maximum absolute atomic E-state index is 12.7. The van der Waals surface area contributed by atoms with Crippen LogP contribution in [0.4, 0.5) is 0 Å². The molecule has 1 heterocycles. The molecule has 0 radical (unpaired) electrons. The standard InChI is InChI=1S/C18H28N2O5S2/c1-13-10-17(25-3)18(11-14(13)2)26(21,22)19-12-15-6-8-20(9-7-15)27(23,24)16-4-5-16/h10-11,15-16,19H,4-9,12H2,1-3H3. The fourth-order valence-electron chi connectivity index (χ4n) is 3.38. The molecular formula is C18H28N2O5S2. The topological polar surface area (TPSA) is 92.8 Å². The third-order valence-corrected chi connectivity index (χ3v) is 9.35. The number of piperidine rings is 1. The predicted molar refractivity (Wildman–Crippen MR) is 104 cm³/mol. The Morgan fingerprint density at radius 1 is 1.04 bits per heavy atom. The molecule has 0 amide bonds. The highest BCUT2D eigenvalue weighted by molar-refractivity contribution is 7.90. The first-order valence-corrected chi connectivity index (χ1v) is 12.3. The molecule has 1 aromatic rings. The van der Waals surface area contributed by atoms with E-state index in [2.05, 4.69) is 4.72 Å². The van der Waals surface area contributed by atoms with Gasteiger partial charge in [0.15, 0.2) is 0 Å². The molecule has 2 fully saturated rings. The molecule has 1 aliphatic heterocycles. The van der Waals surface area contributed by atoms with E-state index in [-0.39, 0.29) is 16.1 Å². The van der Waals surface area contributed by atoms with Crippen LogP contribution in [-0.4, -0.2) is 53.1 Å². The van der Waals surface area contributed by atoms with Crippen LogP contribution in [0.1, 0.15) is 36.8 Å². The monoisotopic (exact) mass is 416 g/mol. The van der Waals surface area contributed by atoms with E-state index >= 15 is 0 Å². The number of hydrogen-bond acceptors (Lipinski definition) is 5. The van der Waals surface area contributed by atoms with E-state index in [1.807, 2.05) is 13.8 Å². The van der Waals surface area contributed by atoms with Crippen molar-refractivity contribution in [3.63, 3.8) is 0 Å². The van der Waals surface area contributed by atoms with Crippen LogP contribution < -0.4 is 9.46 Å². The molecule has 1 aliphatic carbocycles. The van der Waals surface area contributed by atoms with Crippen LogP contribution in [0.25, 0.3) is 0 Å². The minimum Gasteiger partial charge on any atom is -0.495 e. The number of benzene rings is 1. The van der Waals surface area contributed by atoms with E-state index < -0.39 is 20.0 Å². The number of methoxy groups -OCH3 is 1. The van der Waals surface area contributed by atoms with Crippen LogP contribution in [0.15, 0.2) is 17.0 Å². The molecular weight excluding hydrogens is 388 g/mol. The Hall–Kier alpha value is -1.16. The molecule has 0 aromatic heterocycles. The quantitative estimate of drug-likeness (QED) is 0.732. The second kappa shape index (κ2) is 7.69. The molecule has 2 aliphatic rings. The van der Waals surface area contributed by atoms with Crippen molar-refractivity contribution in [3.8, 4) is 5.75 Å². The van der Waals surface area contributed by atoms with Gasteiger partial charge in [0.1, 0.15) is 10.6 Å². The first kappa shape index (κ1) is 20.6. The first-order chi connectivity index (χ1) is 12.6. The van der Waals surface area contributed by atoms with Gasteiger partial charge in [-0.25, -0.2) is 25.9 Å². The van der Waals surface area contributed by atoms with Crippen LogP contribution >= 0.6 is 0 Å². The smallest absolute Gasteiger partial charge is 0.244 e. The minimum atomic E-state index is -3.69. The van der Waals surface area contributed by atoms with Crippen molar-refractivity contribution in [3.05, 3.63) is 23.3 Å². The van der Waals surface area contributed by atoms with Gasteiger partial charge >= 0.3 is 0 Å². The Morgan fingerprint density at radius 3 is 2.19 bits per heavy atom. The van der Waals surface area contributed by atoms with Gasteiger partial charge in [-0.05, 0) is 68.7 Å². The summed E-state index contributed by atoms with van der Waals surface area (Å²) in [5, 5.41) is -0.190. The van der Waals surface area contributed by atoms with Gasteiger partial charge in [-0.1, -0.05) is 0 Å². The lowest BCUT2D eigenvalue weighted by Crippen LogP contribution is -2.42. The average molecular weight is 417 g/mol. The van der Waals surface area contributed by atoms with Crippen molar-refractivity contribution in [1.29, 1.82) is 0 Å². The lowest BCUT2D eigenvalue weighted by Gasteiger charge is -2.31. The molecule has 27 heavy (non-hydrogen) atoms. The summed E-state index contributed by atoms with van der Waals surface area (Å²) in [6.45, 7) is 5.01. The molecule has 3 rings (SSSR count). The lowest BCUT2D eigenvalue weighted by molar-refractivity contribution is 0.274. The molecule has 0 unspecified atom stereocenters. The number of nitrogens with one attached hydrogen (secondary N) is 1. The summed E-state index contributed by atoms with van der Waals surface area (Å²) in [7, 11) is -5.37. The highest BCUT2D eigenvalue weighted by Crippen LogP contribution is 2.33. The highest BCUT2D eigenvalue weighted by Gasteiger charge is 2.41. The zero-order valence-electron chi connectivity index (χ0n) is 16.1. The zero-order chi connectivity index (χ0) is 19.8. The molecule has 0 atom stereocenters. The number of aryl methyl sites for hydroxylation is 2. The van der Waals surface area contributed by atoms with Gasteiger partial charge in [0.2, 0.25) is 20.0 Å². The van der Waals surface area contributed by atoms with E-state index in [1.54, 1.807) is 16.4 Å². The summed E-state index contributed by atoms with van der Waals surface area (Å²) in [6, 6.07) is 3.35. The Labute approximate surface area is 162 Å². The molecule has 0 bridgehead atoms. The van der Waals surface area contributed by atoms with E-state index in [0.717, 1.165) is 24.0 Å². The van der Waals surface area contributed by atoms with E-state index in [1.165, 1.54) is 7.11 Å². The maximum atomic E-state index is 12.7. The summed E-state index contributed by atoms with van der Waals surface area (Å²) in [5.74, 6) is 0.457. The van der Waals surface area contributed by atoms with Crippen molar-refractivity contribution in [2.45, 2.75) is 49.7 Å². The van der Waals surface area contributed by atoms with Crippen molar-refractivity contribution in [2.75, 3.05) is 26.7 Å². The van der Waals surface area contributed by atoms with Gasteiger partial charge in [-0.3, -0.25) is 0 Å². The van der Waals surface area contributed by atoms with Gasteiger partial charge in [-0.15, -0.1) is 0 Å². The number of rotatable bonds is 7. The van der Waals surface area contributed by atoms with Gasteiger partial charge in [0, 0.05) is 19.6 Å². The molecule has 152 valence electrons. The molecule has 0 spiro atoms. The fourth-order valence-corrected chi connectivity index (χ4v) is 6.61. The molecule has 1 aromatic carbocycles. The number of ether oxygens (including phenoxy) is 1. The lowest BCUT2D eigenvalue weighted by atomic mass is 9.99. The maximum Gasteiger partial charge on any atom is 0.244 e. The summed E-state index contributed by atoms with van der Waals surface area (Å²) >= 11 is 0. The zero-order valence-corrected chi connectivity index (χ0v) is 17.7. The Bertz CT molecular complexity index is 900. The number of nitrogens with zero attached hydrogens (tertiary/aromatic N) is 1. The SMILES string of the molecule is COc1cc(C)c(C)cc1S(=O)(=O)NCC1CCN(S(=O)(=O)C2CC2)CC1. The molecule has 1 saturated carbocycles. The van der Waals surface area contributed by atoms with E-state index in [9.17, 15) is 16.8 Å². The summed E-state index contributed by atoms with van der Waals surface area (Å²) in [5.41, 5.74) is 1.85. The molecule has 7 nitrogen and oxygen atoms in total. The summed E-state index contributed by atoms with van der Waals surface area (Å²) in [4.78, 5) is 0.141. The average Bonchev–Trinajstić information content (AvgIpc) is 3.48. The van der Waals surface area contributed by atoms with Gasteiger partial charge in [0.05, 0.1) is 12.4 Å². The Morgan fingerprint density at radius 2 is 1.63 bits per heavy atom. The largest absolute Gasteiger partial charge is 0.495 e. The summed E-state index contributed by atoms with van der Waals surface area (Å²) in [6.07, 6.45) is 2.86. The molecule has 1 N–H and O–H groups in total. The first-order valence-electron chi connectivity index (χ1n) is 9.29. The fraction of sp³-hybridized carbons (Fsp3) is 0.667. The van der Waals surface area contributed by atoms with E-state index in [4.69, 9.17) is 4.74 Å². The van der Waals surface area contributed by atoms with Crippen LogP contribution in [0.5, 0.6) is 5.75 Å². The molecule has 1 saturated heterocycles. The van der Waals surface area contributed by atoms with Crippen LogP contribution in [-0.2, 0) is 20.0 Å². The third kappa shape index (κ3) is 4.47. The van der Waals surface area contributed by atoms with Crippen molar-refractivity contribution in [2.24, 2.45) is 5.92 Å². The summed E-state index contributed by atoms with van der Waals surface area (Å²) < 4.78 is 59.6. The molecule has 9 heteroatoms. The van der Waals surface area contributed by atoms with Crippen molar-refractivity contribution in [1.82, 2.24) is 9.03 Å². The Balaban J connectivity index is 1.61. The normalized spacial score (nSPS) is 20.0. The van der Waals surface area contributed by atoms with Crippen LogP contribution in [0.3, 0.4) is 0 Å². The van der Waals surface area contributed by atoms with Gasteiger partial charge in [0.25, 0.3) is 0 Å². The number of sulfonamides is 2. The second-order valence-electron chi connectivity index (χ2n) is 7.53. The van der Waals surface area contributed by atoms with Gasteiger partial charge in [-0.2, -0.15) is 0 Å². The Kier molecular flexibility index (Phi) is 5.86. The minimum absolute atomic E-state index is 0.128. The van der Waals surface area contributed by atoms with E-state index in [0.29, 0.717) is 38.2 Å².